The van der Waals surface area contributed by atoms with Crippen LogP contribution in [0.25, 0.3) is 0 Å². The first-order chi connectivity index (χ1) is 11.6. The largest absolute Gasteiger partial charge is 0.497 e. The van der Waals surface area contributed by atoms with Crippen LogP contribution in [0.15, 0.2) is 54.6 Å². The number of benzene rings is 2. The van der Waals surface area contributed by atoms with Crippen LogP contribution in [0.3, 0.4) is 0 Å². The van der Waals surface area contributed by atoms with Crippen LogP contribution in [0.2, 0.25) is 0 Å². The Balaban J connectivity index is 2.37. The lowest BCUT2D eigenvalue weighted by molar-refractivity contribution is 0.0981. The highest BCUT2D eigenvalue weighted by Crippen LogP contribution is 2.54. The van der Waals surface area contributed by atoms with Gasteiger partial charge >= 0.3 is 7.82 Å². The molecule has 0 radical (unpaired) electrons. The van der Waals surface area contributed by atoms with Gasteiger partial charge in [0.05, 0.1) is 20.3 Å². The first-order valence-corrected chi connectivity index (χ1v) is 9.34. The molecular formula is C18H23O5P. The van der Waals surface area contributed by atoms with E-state index in [1.807, 2.05) is 54.6 Å². The zero-order valence-electron chi connectivity index (χ0n) is 14.2. The minimum absolute atomic E-state index is 0.238. The zero-order valence-corrected chi connectivity index (χ0v) is 15.1. The third-order valence-corrected chi connectivity index (χ3v) is 4.95. The molecule has 24 heavy (non-hydrogen) atoms. The van der Waals surface area contributed by atoms with Gasteiger partial charge in [0.2, 0.25) is 0 Å². The maximum atomic E-state index is 12.8. The molecule has 0 heterocycles. The smallest absolute Gasteiger partial charge is 0.475 e. The van der Waals surface area contributed by atoms with Gasteiger partial charge < -0.3 is 4.74 Å². The van der Waals surface area contributed by atoms with Gasteiger partial charge in [-0.15, -0.1) is 0 Å². The summed E-state index contributed by atoms with van der Waals surface area (Å²) in [4.78, 5) is 0. The van der Waals surface area contributed by atoms with E-state index in [0.29, 0.717) is 0 Å². The summed E-state index contributed by atoms with van der Waals surface area (Å²) in [6.45, 7) is 3.97. The average Bonchev–Trinajstić information content (AvgIpc) is 2.61. The molecule has 2 aromatic carbocycles. The molecule has 0 bridgehead atoms. The lowest BCUT2D eigenvalue weighted by Gasteiger charge is -2.24. The minimum Gasteiger partial charge on any atom is -0.497 e. The lowest BCUT2D eigenvalue weighted by atomic mass is 10.0. The van der Waals surface area contributed by atoms with Crippen molar-refractivity contribution in [3.8, 4) is 5.75 Å². The molecule has 0 saturated carbocycles. The van der Waals surface area contributed by atoms with Crippen molar-refractivity contribution in [2.75, 3.05) is 20.3 Å². The Morgan fingerprint density at radius 1 is 0.875 bits per heavy atom. The van der Waals surface area contributed by atoms with Crippen molar-refractivity contribution in [2.45, 2.75) is 20.0 Å². The Bertz CT molecular complexity index is 647. The Morgan fingerprint density at radius 2 is 1.42 bits per heavy atom. The standard InChI is InChI=1S/C18H23O5P/c1-4-21-24(19,22-5-2)23-18(15-9-7-6-8-10-15)16-11-13-17(20-3)14-12-16/h6-14,18H,4-5H2,1-3H3. The Morgan fingerprint density at radius 3 is 1.92 bits per heavy atom. The van der Waals surface area contributed by atoms with Crippen LogP contribution in [-0.4, -0.2) is 20.3 Å². The van der Waals surface area contributed by atoms with Crippen molar-refractivity contribution in [3.63, 3.8) is 0 Å². The summed E-state index contributed by atoms with van der Waals surface area (Å²) in [5, 5.41) is 0. The van der Waals surface area contributed by atoms with Gasteiger partial charge in [-0.05, 0) is 37.1 Å². The van der Waals surface area contributed by atoms with Gasteiger partial charge in [0.1, 0.15) is 11.9 Å². The SMILES string of the molecule is CCOP(=O)(OCC)OC(c1ccccc1)c1ccc(OC)cc1. The third kappa shape index (κ3) is 4.92. The van der Waals surface area contributed by atoms with Gasteiger partial charge in [-0.3, -0.25) is 13.6 Å². The highest BCUT2D eigenvalue weighted by molar-refractivity contribution is 7.48. The van der Waals surface area contributed by atoms with Gasteiger partial charge in [-0.25, -0.2) is 4.57 Å². The zero-order chi connectivity index (χ0) is 17.4. The van der Waals surface area contributed by atoms with Crippen molar-refractivity contribution in [2.24, 2.45) is 0 Å². The van der Waals surface area contributed by atoms with E-state index in [4.69, 9.17) is 18.3 Å². The first kappa shape index (κ1) is 18.7. The number of hydrogen-bond donors (Lipinski definition) is 0. The van der Waals surface area contributed by atoms with Crippen LogP contribution in [0.4, 0.5) is 0 Å². The topological polar surface area (TPSA) is 54.0 Å². The molecule has 1 atom stereocenters. The summed E-state index contributed by atoms with van der Waals surface area (Å²) in [7, 11) is -2.05. The fourth-order valence-corrected chi connectivity index (χ4v) is 3.59. The van der Waals surface area contributed by atoms with Gasteiger partial charge in [-0.1, -0.05) is 42.5 Å². The van der Waals surface area contributed by atoms with Gasteiger partial charge in [0, 0.05) is 0 Å². The molecule has 0 aromatic heterocycles. The molecule has 6 heteroatoms. The summed E-state index contributed by atoms with van der Waals surface area (Å²) in [6.07, 6.45) is -0.568. The Labute approximate surface area is 143 Å². The molecule has 2 aromatic rings. The summed E-state index contributed by atoms with van der Waals surface area (Å²) < 4.78 is 34.4. The molecule has 0 N–H and O–H groups in total. The highest BCUT2D eigenvalue weighted by atomic mass is 31.2. The van der Waals surface area contributed by atoms with Gasteiger partial charge in [0.25, 0.3) is 0 Å². The molecule has 0 amide bonds. The number of ether oxygens (including phenoxy) is 1. The van der Waals surface area contributed by atoms with Crippen molar-refractivity contribution in [1.82, 2.24) is 0 Å². The van der Waals surface area contributed by atoms with Crippen molar-refractivity contribution in [1.29, 1.82) is 0 Å². The Kier molecular flexibility index (Phi) is 7.00. The van der Waals surface area contributed by atoms with Crippen LogP contribution >= 0.6 is 7.82 Å². The molecule has 2 rings (SSSR count). The summed E-state index contributed by atoms with van der Waals surface area (Å²) >= 11 is 0. The molecular weight excluding hydrogens is 327 g/mol. The van der Waals surface area contributed by atoms with E-state index in [0.717, 1.165) is 16.9 Å². The van der Waals surface area contributed by atoms with Crippen LogP contribution in [0, 0.1) is 0 Å². The van der Waals surface area contributed by atoms with E-state index in [1.54, 1.807) is 21.0 Å². The minimum atomic E-state index is -3.66. The number of hydrogen-bond acceptors (Lipinski definition) is 5. The fraction of sp³-hybridized carbons (Fsp3) is 0.333. The molecule has 130 valence electrons. The first-order valence-electron chi connectivity index (χ1n) is 7.88. The van der Waals surface area contributed by atoms with Crippen molar-refractivity contribution >= 4 is 7.82 Å². The average molecular weight is 350 g/mol. The van der Waals surface area contributed by atoms with E-state index in [9.17, 15) is 4.57 Å². The summed E-state index contributed by atoms with van der Waals surface area (Å²) in [5.41, 5.74) is 1.70. The van der Waals surface area contributed by atoms with Crippen LogP contribution < -0.4 is 4.74 Å². The predicted molar refractivity (Wildman–Crippen MR) is 93.2 cm³/mol. The van der Waals surface area contributed by atoms with Gasteiger partial charge in [-0.2, -0.15) is 0 Å². The van der Waals surface area contributed by atoms with E-state index < -0.39 is 13.9 Å². The number of phosphoric ester groups is 1. The monoisotopic (exact) mass is 350 g/mol. The second kappa shape index (κ2) is 9.00. The molecule has 0 saturated heterocycles. The molecule has 1 unspecified atom stereocenters. The predicted octanol–water partition coefficient (Wildman–Crippen LogP) is 4.98. The second-order valence-corrected chi connectivity index (χ2v) is 6.57. The number of rotatable bonds is 9. The maximum absolute atomic E-state index is 12.8. The molecule has 0 fully saturated rings. The van der Waals surface area contributed by atoms with E-state index in [-0.39, 0.29) is 13.2 Å². The number of phosphoric acid groups is 1. The van der Waals surface area contributed by atoms with Crippen LogP contribution in [0.1, 0.15) is 31.1 Å². The van der Waals surface area contributed by atoms with E-state index in [1.165, 1.54) is 0 Å². The molecule has 0 aliphatic rings. The fourth-order valence-electron chi connectivity index (χ4n) is 2.26. The summed E-state index contributed by atoms with van der Waals surface area (Å²) in [5.74, 6) is 0.739. The van der Waals surface area contributed by atoms with Crippen molar-refractivity contribution in [3.05, 3.63) is 65.7 Å². The highest BCUT2D eigenvalue weighted by Gasteiger charge is 2.31. The van der Waals surface area contributed by atoms with E-state index >= 15 is 0 Å². The van der Waals surface area contributed by atoms with Gasteiger partial charge in [0.15, 0.2) is 0 Å². The second-order valence-electron chi connectivity index (χ2n) is 4.95. The third-order valence-electron chi connectivity index (χ3n) is 3.33. The van der Waals surface area contributed by atoms with Crippen LogP contribution in [-0.2, 0) is 18.1 Å². The molecule has 0 aliphatic carbocycles. The quantitative estimate of drug-likeness (QED) is 0.597. The van der Waals surface area contributed by atoms with Crippen molar-refractivity contribution < 1.29 is 22.9 Å². The van der Waals surface area contributed by atoms with E-state index in [2.05, 4.69) is 0 Å². The molecule has 0 spiro atoms. The lowest BCUT2D eigenvalue weighted by Crippen LogP contribution is -2.08. The maximum Gasteiger partial charge on any atom is 0.475 e. The molecule has 0 aliphatic heterocycles. The number of methoxy groups -OCH3 is 1. The van der Waals surface area contributed by atoms with Crippen LogP contribution in [0.5, 0.6) is 5.75 Å². The molecule has 5 nitrogen and oxygen atoms in total. The summed E-state index contributed by atoms with van der Waals surface area (Å²) in [6, 6.07) is 17.0. The Hall–Kier alpha value is -1.65. The normalized spacial score (nSPS) is 12.8.